The fourth-order valence-electron chi connectivity index (χ4n) is 2.80. The van der Waals surface area contributed by atoms with E-state index in [0.29, 0.717) is 5.92 Å². The van der Waals surface area contributed by atoms with E-state index in [1.54, 1.807) is 19.2 Å². The van der Waals surface area contributed by atoms with Crippen molar-refractivity contribution in [3.8, 4) is 5.75 Å². The average molecular weight is 292 g/mol. The fraction of sp³-hybridized carbons (Fsp3) is 0.294. The lowest BCUT2D eigenvalue weighted by Gasteiger charge is -2.09. The fourth-order valence-corrected chi connectivity index (χ4v) is 2.80. The van der Waals surface area contributed by atoms with Crippen LogP contribution in [0.2, 0.25) is 0 Å². The summed E-state index contributed by atoms with van der Waals surface area (Å²) < 4.78 is 43.0. The zero-order valence-electron chi connectivity index (χ0n) is 11.5. The Balaban J connectivity index is 1.79. The molecule has 0 radical (unpaired) electrons. The second-order valence-corrected chi connectivity index (χ2v) is 5.31. The highest BCUT2D eigenvalue weighted by Crippen LogP contribution is 2.56. The molecule has 110 valence electrons. The van der Waals surface area contributed by atoms with Gasteiger partial charge in [-0.3, -0.25) is 0 Å². The zero-order valence-corrected chi connectivity index (χ0v) is 11.5. The maximum atomic E-state index is 12.6. The van der Waals surface area contributed by atoms with Crippen LogP contribution in [0.4, 0.5) is 13.2 Å². The molecule has 2 unspecified atom stereocenters. The van der Waals surface area contributed by atoms with Gasteiger partial charge in [-0.1, -0.05) is 30.3 Å². The van der Waals surface area contributed by atoms with Crippen LogP contribution in [-0.2, 0) is 6.18 Å². The van der Waals surface area contributed by atoms with Crippen molar-refractivity contribution >= 4 is 0 Å². The summed E-state index contributed by atoms with van der Waals surface area (Å²) in [5, 5.41) is 0. The van der Waals surface area contributed by atoms with Gasteiger partial charge in [0.25, 0.3) is 0 Å². The van der Waals surface area contributed by atoms with Gasteiger partial charge >= 0.3 is 6.18 Å². The molecule has 21 heavy (non-hydrogen) atoms. The van der Waals surface area contributed by atoms with Crippen molar-refractivity contribution in [2.24, 2.45) is 0 Å². The van der Waals surface area contributed by atoms with Gasteiger partial charge in [0.15, 0.2) is 0 Å². The summed E-state index contributed by atoms with van der Waals surface area (Å²) in [6, 6.07) is 13.3. The summed E-state index contributed by atoms with van der Waals surface area (Å²) in [7, 11) is 1.63. The molecule has 1 aliphatic rings. The van der Waals surface area contributed by atoms with Gasteiger partial charge in [-0.2, -0.15) is 13.2 Å². The lowest BCUT2D eigenvalue weighted by Crippen LogP contribution is -2.04. The molecule has 0 spiro atoms. The molecule has 1 saturated carbocycles. The normalized spacial score (nSPS) is 21.1. The maximum absolute atomic E-state index is 12.6. The van der Waals surface area contributed by atoms with Gasteiger partial charge in [-0.25, -0.2) is 0 Å². The van der Waals surface area contributed by atoms with Crippen LogP contribution in [0.5, 0.6) is 5.75 Å². The topological polar surface area (TPSA) is 9.23 Å². The molecule has 2 atom stereocenters. The van der Waals surface area contributed by atoms with Gasteiger partial charge in [0.2, 0.25) is 0 Å². The van der Waals surface area contributed by atoms with E-state index in [4.69, 9.17) is 4.74 Å². The molecule has 2 aromatic rings. The van der Waals surface area contributed by atoms with Crippen LogP contribution in [0, 0.1) is 0 Å². The van der Waals surface area contributed by atoms with Crippen LogP contribution in [-0.4, -0.2) is 7.11 Å². The van der Waals surface area contributed by atoms with Crippen LogP contribution < -0.4 is 4.74 Å². The molecule has 0 N–H and O–H groups in total. The third kappa shape index (κ3) is 2.75. The Kier molecular flexibility index (Phi) is 3.40. The summed E-state index contributed by atoms with van der Waals surface area (Å²) in [4.78, 5) is 0. The van der Waals surface area contributed by atoms with Gasteiger partial charge in [-0.05, 0) is 47.6 Å². The standard InChI is InChI=1S/C17H15F3O/c1-21-16-5-3-2-4-13(16)15-10-14(15)11-6-8-12(9-7-11)17(18,19)20/h2-9,14-15H,10H2,1H3. The zero-order chi connectivity index (χ0) is 15.0. The monoisotopic (exact) mass is 292 g/mol. The summed E-state index contributed by atoms with van der Waals surface area (Å²) >= 11 is 0. The first-order valence-electron chi connectivity index (χ1n) is 6.81. The average Bonchev–Trinajstić information content (AvgIpc) is 3.27. The SMILES string of the molecule is COc1ccccc1C1CC1c1ccc(C(F)(F)F)cc1. The van der Waals surface area contributed by atoms with Crippen molar-refractivity contribution in [3.05, 3.63) is 65.2 Å². The number of alkyl halides is 3. The molecule has 1 aliphatic carbocycles. The molecule has 0 bridgehead atoms. The number of hydrogen-bond donors (Lipinski definition) is 0. The highest BCUT2D eigenvalue weighted by atomic mass is 19.4. The first kappa shape index (κ1) is 14.0. The van der Waals surface area contributed by atoms with E-state index in [9.17, 15) is 13.2 Å². The van der Waals surface area contributed by atoms with Crippen LogP contribution in [0.1, 0.15) is 34.9 Å². The molecule has 1 fully saturated rings. The molecule has 3 rings (SSSR count). The Morgan fingerprint density at radius 2 is 1.62 bits per heavy atom. The molecule has 0 saturated heterocycles. The second-order valence-electron chi connectivity index (χ2n) is 5.31. The van der Waals surface area contributed by atoms with Crippen LogP contribution in [0.15, 0.2) is 48.5 Å². The maximum Gasteiger partial charge on any atom is 0.416 e. The van der Waals surface area contributed by atoms with Gasteiger partial charge in [0.05, 0.1) is 12.7 Å². The Labute approximate surface area is 121 Å². The first-order chi connectivity index (χ1) is 10.0. The smallest absolute Gasteiger partial charge is 0.416 e. The Hall–Kier alpha value is -1.97. The van der Waals surface area contributed by atoms with Crippen molar-refractivity contribution in [1.82, 2.24) is 0 Å². The van der Waals surface area contributed by atoms with E-state index in [0.717, 1.165) is 35.4 Å². The first-order valence-corrected chi connectivity index (χ1v) is 6.81. The van der Waals surface area contributed by atoms with E-state index >= 15 is 0 Å². The molecule has 0 aromatic heterocycles. The third-order valence-electron chi connectivity index (χ3n) is 3.99. The van der Waals surface area contributed by atoms with Crippen molar-refractivity contribution in [3.63, 3.8) is 0 Å². The Bertz CT molecular complexity index is 631. The number of halogens is 3. The van der Waals surface area contributed by atoms with Gasteiger partial charge < -0.3 is 4.74 Å². The molecule has 2 aromatic carbocycles. The summed E-state index contributed by atoms with van der Waals surface area (Å²) in [5.74, 6) is 1.46. The van der Waals surface area contributed by atoms with Crippen molar-refractivity contribution in [2.45, 2.75) is 24.4 Å². The molecule has 0 amide bonds. The van der Waals surface area contributed by atoms with E-state index in [1.807, 2.05) is 24.3 Å². The van der Waals surface area contributed by atoms with Crippen molar-refractivity contribution < 1.29 is 17.9 Å². The summed E-state index contributed by atoms with van der Waals surface area (Å²) in [6.45, 7) is 0. The number of para-hydroxylation sites is 1. The van der Waals surface area contributed by atoms with Crippen LogP contribution in [0.3, 0.4) is 0 Å². The molecule has 0 aliphatic heterocycles. The number of methoxy groups -OCH3 is 1. The molecule has 0 heterocycles. The van der Waals surface area contributed by atoms with E-state index in [2.05, 4.69) is 0 Å². The number of rotatable bonds is 3. The minimum absolute atomic E-state index is 0.281. The molecule has 4 heteroatoms. The van der Waals surface area contributed by atoms with E-state index in [1.165, 1.54) is 0 Å². The third-order valence-corrected chi connectivity index (χ3v) is 3.99. The lowest BCUT2D eigenvalue weighted by atomic mass is 10.0. The minimum Gasteiger partial charge on any atom is -0.496 e. The molecular weight excluding hydrogens is 277 g/mol. The van der Waals surface area contributed by atoms with Gasteiger partial charge in [0, 0.05) is 0 Å². The van der Waals surface area contributed by atoms with E-state index in [-0.39, 0.29) is 5.92 Å². The highest BCUT2D eigenvalue weighted by Gasteiger charge is 2.41. The lowest BCUT2D eigenvalue weighted by molar-refractivity contribution is -0.137. The second kappa shape index (κ2) is 5.10. The highest BCUT2D eigenvalue weighted by molar-refractivity contribution is 5.44. The van der Waals surface area contributed by atoms with Crippen LogP contribution in [0.25, 0.3) is 0 Å². The van der Waals surface area contributed by atoms with E-state index < -0.39 is 11.7 Å². The minimum atomic E-state index is -4.27. The predicted octanol–water partition coefficient (Wildman–Crippen LogP) is 4.99. The summed E-state index contributed by atoms with van der Waals surface area (Å²) in [6.07, 6.45) is -3.32. The largest absolute Gasteiger partial charge is 0.496 e. The Morgan fingerprint density at radius 1 is 0.952 bits per heavy atom. The molecular formula is C17H15F3O. The predicted molar refractivity (Wildman–Crippen MR) is 74.5 cm³/mol. The number of benzene rings is 2. The van der Waals surface area contributed by atoms with Crippen molar-refractivity contribution in [1.29, 1.82) is 0 Å². The summed E-state index contributed by atoms with van der Waals surface area (Å²) in [5.41, 5.74) is 1.49. The van der Waals surface area contributed by atoms with Crippen LogP contribution >= 0.6 is 0 Å². The quantitative estimate of drug-likeness (QED) is 0.774. The van der Waals surface area contributed by atoms with Gasteiger partial charge in [-0.15, -0.1) is 0 Å². The number of ether oxygens (including phenoxy) is 1. The van der Waals surface area contributed by atoms with Crippen molar-refractivity contribution in [2.75, 3.05) is 7.11 Å². The number of hydrogen-bond acceptors (Lipinski definition) is 1. The van der Waals surface area contributed by atoms with Gasteiger partial charge in [0.1, 0.15) is 5.75 Å². The Morgan fingerprint density at radius 3 is 2.24 bits per heavy atom. The molecule has 1 nitrogen and oxygen atoms in total.